The van der Waals surface area contributed by atoms with Crippen LogP contribution in [0.15, 0.2) is 24.3 Å². The Kier molecular flexibility index (Phi) is 4.70. The normalized spacial score (nSPS) is 13.8. The van der Waals surface area contributed by atoms with E-state index in [0.717, 1.165) is 29.2 Å². The van der Waals surface area contributed by atoms with Gasteiger partial charge in [0.25, 0.3) is 0 Å². The predicted octanol–water partition coefficient (Wildman–Crippen LogP) is 3.14. The van der Waals surface area contributed by atoms with E-state index in [1.54, 1.807) is 6.92 Å². The van der Waals surface area contributed by atoms with Gasteiger partial charge in [0, 0.05) is 12.7 Å². The summed E-state index contributed by atoms with van der Waals surface area (Å²) < 4.78 is 11.0. The van der Waals surface area contributed by atoms with Gasteiger partial charge in [-0.1, -0.05) is 30.0 Å². The number of carbonyl (C=O) groups is 1. The fourth-order valence-corrected chi connectivity index (χ4v) is 2.20. The first kappa shape index (κ1) is 13.0. The SMILES string of the molecule is CC(=O)SCCC=Cc1ccc2c(c1)OCCO2. The van der Waals surface area contributed by atoms with Crippen molar-refractivity contribution < 1.29 is 14.3 Å². The minimum atomic E-state index is 0.169. The van der Waals surface area contributed by atoms with Gasteiger partial charge >= 0.3 is 0 Å². The van der Waals surface area contributed by atoms with Gasteiger partial charge in [0.2, 0.25) is 0 Å². The summed E-state index contributed by atoms with van der Waals surface area (Å²) in [5, 5.41) is 0.169. The molecule has 1 aliphatic rings. The molecule has 0 atom stereocenters. The van der Waals surface area contributed by atoms with E-state index in [1.165, 1.54) is 11.8 Å². The summed E-state index contributed by atoms with van der Waals surface area (Å²) >= 11 is 1.35. The van der Waals surface area contributed by atoms with Gasteiger partial charge in [-0.05, 0) is 24.1 Å². The number of hydrogen-bond donors (Lipinski definition) is 0. The highest BCUT2D eigenvalue weighted by molar-refractivity contribution is 8.13. The van der Waals surface area contributed by atoms with Crippen molar-refractivity contribution in [2.75, 3.05) is 19.0 Å². The van der Waals surface area contributed by atoms with Gasteiger partial charge in [-0.15, -0.1) is 0 Å². The lowest BCUT2D eigenvalue weighted by Gasteiger charge is -2.18. The maximum Gasteiger partial charge on any atom is 0.185 e. The molecule has 1 aromatic rings. The Morgan fingerprint density at radius 3 is 2.89 bits per heavy atom. The van der Waals surface area contributed by atoms with Gasteiger partial charge in [-0.25, -0.2) is 0 Å². The summed E-state index contributed by atoms with van der Waals surface area (Å²) in [6.07, 6.45) is 5.00. The lowest BCUT2D eigenvalue weighted by molar-refractivity contribution is -0.109. The highest BCUT2D eigenvalue weighted by Crippen LogP contribution is 2.31. The minimum Gasteiger partial charge on any atom is -0.486 e. The van der Waals surface area contributed by atoms with Gasteiger partial charge in [0.15, 0.2) is 16.6 Å². The summed E-state index contributed by atoms with van der Waals surface area (Å²) in [5.41, 5.74) is 1.09. The minimum absolute atomic E-state index is 0.169. The van der Waals surface area contributed by atoms with Crippen LogP contribution in [0.4, 0.5) is 0 Å². The largest absolute Gasteiger partial charge is 0.486 e. The van der Waals surface area contributed by atoms with E-state index in [0.29, 0.717) is 13.2 Å². The Morgan fingerprint density at radius 1 is 1.33 bits per heavy atom. The van der Waals surface area contributed by atoms with E-state index in [-0.39, 0.29) is 5.12 Å². The van der Waals surface area contributed by atoms with Crippen molar-refractivity contribution in [3.63, 3.8) is 0 Å². The second-order valence-corrected chi connectivity index (χ2v) is 5.21. The summed E-state index contributed by atoms with van der Waals surface area (Å²) in [7, 11) is 0. The van der Waals surface area contributed by atoms with Gasteiger partial charge in [-0.2, -0.15) is 0 Å². The van der Waals surface area contributed by atoms with Crippen molar-refractivity contribution in [3.8, 4) is 11.5 Å². The Balaban J connectivity index is 1.89. The third kappa shape index (κ3) is 3.81. The Morgan fingerprint density at radius 2 is 2.11 bits per heavy atom. The van der Waals surface area contributed by atoms with Crippen LogP contribution < -0.4 is 9.47 Å². The fraction of sp³-hybridized carbons (Fsp3) is 0.357. The van der Waals surface area contributed by atoms with Crippen LogP contribution in [0, 0.1) is 0 Å². The van der Waals surface area contributed by atoms with Crippen LogP contribution in [0.25, 0.3) is 6.08 Å². The van der Waals surface area contributed by atoms with Gasteiger partial charge in [0.05, 0.1) is 0 Å². The topological polar surface area (TPSA) is 35.5 Å². The molecule has 0 amide bonds. The maximum absolute atomic E-state index is 10.7. The fourth-order valence-electron chi connectivity index (χ4n) is 1.65. The summed E-state index contributed by atoms with van der Waals surface area (Å²) in [5.74, 6) is 2.45. The molecular weight excluding hydrogens is 248 g/mol. The van der Waals surface area contributed by atoms with Crippen LogP contribution in [0.1, 0.15) is 18.9 Å². The smallest absolute Gasteiger partial charge is 0.185 e. The van der Waals surface area contributed by atoms with Crippen LogP contribution in [0.5, 0.6) is 11.5 Å². The average molecular weight is 264 g/mol. The van der Waals surface area contributed by atoms with Crippen molar-refractivity contribution in [1.29, 1.82) is 0 Å². The van der Waals surface area contributed by atoms with Crippen molar-refractivity contribution >= 4 is 23.0 Å². The average Bonchev–Trinajstić information content (AvgIpc) is 2.38. The molecule has 0 unspecified atom stereocenters. The Bertz CT molecular complexity index is 454. The molecule has 0 radical (unpaired) electrons. The van der Waals surface area contributed by atoms with Crippen molar-refractivity contribution in [3.05, 3.63) is 29.8 Å². The maximum atomic E-state index is 10.7. The van der Waals surface area contributed by atoms with E-state index in [9.17, 15) is 4.79 Å². The van der Waals surface area contributed by atoms with Crippen LogP contribution in [-0.4, -0.2) is 24.1 Å². The number of benzene rings is 1. The molecule has 0 saturated heterocycles. The molecule has 96 valence electrons. The molecule has 0 saturated carbocycles. The Labute approximate surface area is 111 Å². The second kappa shape index (κ2) is 6.50. The standard InChI is InChI=1S/C14H16O3S/c1-11(15)18-9-3-2-4-12-5-6-13-14(10-12)17-8-7-16-13/h2,4-6,10H,3,7-9H2,1H3. The predicted molar refractivity (Wildman–Crippen MR) is 74.2 cm³/mol. The van der Waals surface area contributed by atoms with E-state index in [4.69, 9.17) is 9.47 Å². The molecule has 1 heterocycles. The van der Waals surface area contributed by atoms with Crippen LogP contribution in [0.2, 0.25) is 0 Å². The van der Waals surface area contributed by atoms with E-state index in [2.05, 4.69) is 6.08 Å². The molecule has 0 aliphatic carbocycles. The first-order valence-corrected chi connectivity index (χ1v) is 6.94. The summed E-state index contributed by atoms with van der Waals surface area (Å²) in [6, 6.07) is 5.91. The molecule has 1 aliphatic heterocycles. The lowest BCUT2D eigenvalue weighted by Crippen LogP contribution is -2.15. The molecular formula is C14H16O3S. The first-order chi connectivity index (χ1) is 8.75. The zero-order valence-electron chi connectivity index (χ0n) is 10.3. The molecule has 18 heavy (non-hydrogen) atoms. The number of thioether (sulfide) groups is 1. The molecule has 0 bridgehead atoms. The monoisotopic (exact) mass is 264 g/mol. The molecule has 0 spiro atoms. The van der Waals surface area contributed by atoms with Crippen LogP contribution in [0.3, 0.4) is 0 Å². The number of carbonyl (C=O) groups excluding carboxylic acids is 1. The number of allylic oxidation sites excluding steroid dienone is 1. The molecule has 2 rings (SSSR count). The lowest BCUT2D eigenvalue weighted by atomic mass is 10.1. The third-order valence-corrected chi connectivity index (χ3v) is 3.31. The van der Waals surface area contributed by atoms with Crippen LogP contribution in [-0.2, 0) is 4.79 Å². The number of rotatable bonds is 4. The number of hydrogen-bond acceptors (Lipinski definition) is 4. The van der Waals surface area contributed by atoms with E-state index >= 15 is 0 Å². The van der Waals surface area contributed by atoms with Crippen LogP contribution >= 0.6 is 11.8 Å². The number of ether oxygens (including phenoxy) is 2. The van der Waals surface area contributed by atoms with Gasteiger partial charge in [-0.3, -0.25) is 4.79 Å². The molecule has 1 aromatic carbocycles. The summed E-state index contributed by atoms with van der Waals surface area (Å²) in [4.78, 5) is 10.7. The van der Waals surface area contributed by atoms with Crippen molar-refractivity contribution in [2.45, 2.75) is 13.3 Å². The zero-order chi connectivity index (χ0) is 12.8. The molecule has 0 N–H and O–H groups in total. The van der Waals surface area contributed by atoms with E-state index in [1.807, 2.05) is 24.3 Å². The second-order valence-electron chi connectivity index (χ2n) is 3.93. The van der Waals surface area contributed by atoms with Gasteiger partial charge in [0.1, 0.15) is 13.2 Å². The zero-order valence-corrected chi connectivity index (χ0v) is 11.2. The molecule has 0 fully saturated rings. The van der Waals surface area contributed by atoms with Gasteiger partial charge < -0.3 is 9.47 Å². The quantitative estimate of drug-likeness (QED) is 0.783. The highest BCUT2D eigenvalue weighted by atomic mass is 32.2. The summed E-state index contributed by atoms with van der Waals surface area (Å²) in [6.45, 7) is 2.81. The molecule has 0 aromatic heterocycles. The molecule has 3 nitrogen and oxygen atoms in total. The highest BCUT2D eigenvalue weighted by Gasteiger charge is 2.10. The first-order valence-electron chi connectivity index (χ1n) is 5.95. The number of fused-ring (bicyclic) bond motifs is 1. The Hall–Kier alpha value is -1.42. The third-order valence-electron chi connectivity index (χ3n) is 2.47. The molecule has 4 heteroatoms. The van der Waals surface area contributed by atoms with Crippen molar-refractivity contribution in [2.24, 2.45) is 0 Å². The van der Waals surface area contributed by atoms with E-state index < -0.39 is 0 Å². The van der Waals surface area contributed by atoms with Crippen molar-refractivity contribution in [1.82, 2.24) is 0 Å².